The molecule has 0 radical (unpaired) electrons. The minimum atomic E-state index is -0.0537. The zero-order chi connectivity index (χ0) is 17.9. The molecular formula is C20H26N4O2. The number of rotatable bonds is 3. The van der Waals surface area contributed by atoms with E-state index in [1.165, 1.54) is 0 Å². The van der Waals surface area contributed by atoms with Gasteiger partial charge in [0.1, 0.15) is 5.82 Å². The highest BCUT2D eigenvalue weighted by molar-refractivity contribution is 5.90. The minimum Gasteiger partial charge on any atom is -0.379 e. The van der Waals surface area contributed by atoms with Crippen LogP contribution in [0.5, 0.6) is 0 Å². The van der Waals surface area contributed by atoms with Crippen LogP contribution in [-0.2, 0) is 4.74 Å². The molecule has 6 nitrogen and oxygen atoms in total. The number of urea groups is 1. The first-order chi connectivity index (χ1) is 12.7. The molecule has 2 aliphatic heterocycles. The van der Waals surface area contributed by atoms with Crippen LogP contribution in [-0.4, -0.2) is 66.2 Å². The van der Waals surface area contributed by atoms with Gasteiger partial charge in [-0.1, -0.05) is 31.5 Å². The van der Waals surface area contributed by atoms with Gasteiger partial charge in [-0.05, 0) is 24.1 Å². The van der Waals surface area contributed by atoms with E-state index in [1.54, 1.807) is 0 Å². The van der Waals surface area contributed by atoms with Crippen molar-refractivity contribution in [3.63, 3.8) is 0 Å². The van der Waals surface area contributed by atoms with Crippen molar-refractivity contribution in [2.75, 3.05) is 44.7 Å². The van der Waals surface area contributed by atoms with E-state index >= 15 is 0 Å². The Morgan fingerprint density at radius 3 is 2.81 bits per heavy atom. The first-order valence-electron chi connectivity index (χ1n) is 9.48. The van der Waals surface area contributed by atoms with Gasteiger partial charge in [0.15, 0.2) is 0 Å². The predicted molar refractivity (Wildman–Crippen MR) is 102 cm³/mol. The second-order valence-corrected chi connectivity index (χ2v) is 7.11. The molecule has 138 valence electrons. The Kier molecular flexibility index (Phi) is 5.04. The Hall–Kier alpha value is -2.18. The minimum absolute atomic E-state index is 0.0537. The second kappa shape index (κ2) is 7.60. The zero-order valence-electron chi connectivity index (χ0n) is 15.2. The maximum Gasteiger partial charge on any atom is 0.323 e. The molecule has 2 amide bonds. The molecule has 2 saturated heterocycles. The van der Waals surface area contributed by atoms with Gasteiger partial charge in [-0.2, -0.15) is 0 Å². The van der Waals surface area contributed by atoms with Crippen molar-refractivity contribution < 1.29 is 9.53 Å². The number of amides is 2. The van der Waals surface area contributed by atoms with E-state index in [1.807, 2.05) is 41.3 Å². The molecule has 0 aliphatic carbocycles. The largest absolute Gasteiger partial charge is 0.379 e. The third-order valence-corrected chi connectivity index (χ3v) is 5.57. The molecular weight excluding hydrogens is 328 g/mol. The summed E-state index contributed by atoms with van der Waals surface area (Å²) in [5, 5.41) is 4.05. The predicted octanol–water partition coefficient (Wildman–Crippen LogP) is 2.81. The lowest BCUT2D eigenvalue weighted by molar-refractivity contribution is 0.0106. The Bertz CT molecular complexity index is 775. The van der Waals surface area contributed by atoms with E-state index in [2.05, 4.69) is 22.1 Å². The number of para-hydroxylation sites is 1. The molecule has 0 spiro atoms. The number of hydrogen-bond donors (Lipinski definition) is 1. The van der Waals surface area contributed by atoms with Crippen molar-refractivity contribution in [1.29, 1.82) is 0 Å². The molecule has 4 rings (SSSR count). The normalized spacial score (nSPS) is 24.1. The molecule has 3 heterocycles. The first kappa shape index (κ1) is 17.2. The van der Waals surface area contributed by atoms with Crippen LogP contribution in [0.25, 0.3) is 10.9 Å². The monoisotopic (exact) mass is 354 g/mol. The van der Waals surface area contributed by atoms with Gasteiger partial charge in [0.05, 0.1) is 18.7 Å². The molecule has 1 aromatic carbocycles. The van der Waals surface area contributed by atoms with Crippen molar-refractivity contribution in [2.45, 2.75) is 19.4 Å². The van der Waals surface area contributed by atoms with Gasteiger partial charge in [-0.25, -0.2) is 9.78 Å². The topological polar surface area (TPSA) is 57.7 Å². The van der Waals surface area contributed by atoms with Gasteiger partial charge in [0.2, 0.25) is 0 Å². The van der Waals surface area contributed by atoms with Crippen LogP contribution in [0.1, 0.15) is 13.3 Å². The number of pyridine rings is 1. The number of carbonyl (C=O) groups is 1. The molecule has 2 fully saturated rings. The van der Waals surface area contributed by atoms with Crippen molar-refractivity contribution in [3.8, 4) is 0 Å². The summed E-state index contributed by atoms with van der Waals surface area (Å²) in [6.07, 6.45) is 1.08. The number of hydrogen-bond acceptors (Lipinski definition) is 4. The number of nitrogens with zero attached hydrogens (tertiary/aromatic N) is 3. The SMILES string of the molecule is CCC1CN(C(=O)Nc2ccc3ccccc3n2)CC1N1CCOCC1. The molecule has 2 unspecified atom stereocenters. The number of fused-ring (bicyclic) bond motifs is 1. The number of likely N-dealkylation sites (tertiary alicyclic amines) is 1. The van der Waals surface area contributed by atoms with Crippen LogP contribution in [0, 0.1) is 5.92 Å². The van der Waals surface area contributed by atoms with E-state index < -0.39 is 0 Å². The van der Waals surface area contributed by atoms with Crippen molar-refractivity contribution in [1.82, 2.24) is 14.8 Å². The van der Waals surface area contributed by atoms with Crippen LogP contribution in [0.2, 0.25) is 0 Å². The summed E-state index contributed by atoms with van der Waals surface area (Å²) in [6.45, 7) is 7.30. The molecule has 2 aromatic rings. The smallest absolute Gasteiger partial charge is 0.323 e. The lowest BCUT2D eigenvalue weighted by Gasteiger charge is -2.34. The Balaban J connectivity index is 1.43. The maximum absolute atomic E-state index is 12.8. The average molecular weight is 354 g/mol. The van der Waals surface area contributed by atoms with E-state index in [9.17, 15) is 4.79 Å². The maximum atomic E-state index is 12.8. The molecule has 0 saturated carbocycles. The average Bonchev–Trinajstić information content (AvgIpc) is 3.13. The van der Waals surface area contributed by atoms with Gasteiger partial charge in [-0.3, -0.25) is 10.2 Å². The number of nitrogens with one attached hydrogen (secondary N) is 1. The Labute approximate surface area is 154 Å². The molecule has 0 bridgehead atoms. The van der Waals surface area contributed by atoms with Gasteiger partial charge >= 0.3 is 6.03 Å². The number of carbonyl (C=O) groups excluding carboxylic acids is 1. The number of morpholine rings is 1. The Morgan fingerprint density at radius 1 is 1.19 bits per heavy atom. The molecule has 6 heteroatoms. The zero-order valence-corrected chi connectivity index (χ0v) is 15.2. The summed E-state index contributed by atoms with van der Waals surface area (Å²) in [4.78, 5) is 21.7. The highest BCUT2D eigenvalue weighted by Gasteiger charge is 2.38. The molecule has 26 heavy (non-hydrogen) atoms. The van der Waals surface area contributed by atoms with Crippen LogP contribution >= 0.6 is 0 Å². The van der Waals surface area contributed by atoms with Crippen LogP contribution in [0.4, 0.5) is 10.6 Å². The summed E-state index contributed by atoms with van der Waals surface area (Å²) in [5.41, 5.74) is 0.893. The Morgan fingerprint density at radius 2 is 2.00 bits per heavy atom. The van der Waals surface area contributed by atoms with Crippen molar-refractivity contribution >= 4 is 22.8 Å². The summed E-state index contributed by atoms with van der Waals surface area (Å²) < 4.78 is 5.47. The van der Waals surface area contributed by atoms with Crippen molar-refractivity contribution in [2.24, 2.45) is 5.92 Å². The van der Waals surface area contributed by atoms with Gasteiger partial charge in [0, 0.05) is 37.6 Å². The van der Waals surface area contributed by atoms with E-state index in [0.29, 0.717) is 17.8 Å². The summed E-state index contributed by atoms with van der Waals surface area (Å²) in [7, 11) is 0. The van der Waals surface area contributed by atoms with Crippen LogP contribution in [0.15, 0.2) is 36.4 Å². The molecule has 2 atom stereocenters. The fourth-order valence-electron chi connectivity index (χ4n) is 4.07. The lowest BCUT2D eigenvalue weighted by Crippen LogP contribution is -2.47. The standard InChI is InChI=1S/C20H26N4O2/c1-2-15-13-24(14-18(15)23-9-11-26-12-10-23)20(25)22-19-8-7-16-5-3-4-6-17(16)21-19/h3-8,15,18H,2,9-14H2,1H3,(H,21,22,25). The summed E-state index contributed by atoms with van der Waals surface area (Å²) >= 11 is 0. The van der Waals surface area contributed by atoms with Gasteiger partial charge in [-0.15, -0.1) is 0 Å². The highest BCUT2D eigenvalue weighted by atomic mass is 16.5. The van der Waals surface area contributed by atoms with E-state index in [4.69, 9.17) is 4.74 Å². The van der Waals surface area contributed by atoms with Gasteiger partial charge in [0.25, 0.3) is 0 Å². The van der Waals surface area contributed by atoms with Crippen LogP contribution in [0.3, 0.4) is 0 Å². The fraction of sp³-hybridized carbons (Fsp3) is 0.500. The van der Waals surface area contributed by atoms with Gasteiger partial charge < -0.3 is 9.64 Å². The molecule has 1 aromatic heterocycles. The van der Waals surface area contributed by atoms with E-state index in [-0.39, 0.29) is 6.03 Å². The highest BCUT2D eigenvalue weighted by Crippen LogP contribution is 2.26. The number of aromatic nitrogens is 1. The quantitative estimate of drug-likeness (QED) is 0.921. The molecule has 2 aliphatic rings. The number of ether oxygens (including phenoxy) is 1. The number of benzene rings is 1. The third kappa shape index (κ3) is 3.52. The molecule has 1 N–H and O–H groups in total. The van der Waals surface area contributed by atoms with Crippen molar-refractivity contribution in [3.05, 3.63) is 36.4 Å². The fourth-order valence-corrected chi connectivity index (χ4v) is 4.07. The summed E-state index contributed by atoms with van der Waals surface area (Å²) in [5.74, 6) is 1.12. The van der Waals surface area contributed by atoms with E-state index in [0.717, 1.165) is 56.7 Å². The van der Waals surface area contributed by atoms with Crippen LogP contribution < -0.4 is 5.32 Å². The summed E-state index contributed by atoms with van der Waals surface area (Å²) in [6, 6.07) is 12.2. The lowest BCUT2D eigenvalue weighted by atomic mass is 9.99. The second-order valence-electron chi connectivity index (χ2n) is 7.11. The third-order valence-electron chi connectivity index (χ3n) is 5.57. The number of anilines is 1. The first-order valence-corrected chi connectivity index (χ1v) is 9.48.